The third-order valence-corrected chi connectivity index (χ3v) is 4.22. The van der Waals surface area contributed by atoms with Crippen molar-refractivity contribution < 1.29 is 9.21 Å². The maximum atomic E-state index is 12.2. The first-order valence-electron chi connectivity index (χ1n) is 7.73. The monoisotopic (exact) mass is 311 g/mol. The zero-order valence-electron chi connectivity index (χ0n) is 13.9. The number of carbonyl (C=O) groups excluding carboxylic acids is 1. The van der Waals surface area contributed by atoms with Crippen LogP contribution in [0.4, 0.5) is 0 Å². The highest BCUT2D eigenvalue weighted by molar-refractivity contribution is 5.96. The van der Waals surface area contributed by atoms with Crippen LogP contribution in [0.2, 0.25) is 0 Å². The number of rotatable bonds is 4. The van der Waals surface area contributed by atoms with E-state index >= 15 is 0 Å². The first-order chi connectivity index (χ1) is 11.0. The van der Waals surface area contributed by atoms with E-state index in [1.807, 2.05) is 50.7 Å². The first kappa shape index (κ1) is 15.3. The van der Waals surface area contributed by atoms with Gasteiger partial charge in [0, 0.05) is 24.7 Å². The van der Waals surface area contributed by atoms with Crippen LogP contribution in [0.1, 0.15) is 33.1 Å². The van der Waals surface area contributed by atoms with Crippen molar-refractivity contribution in [3.05, 3.63) is 52.5 Å². The Balaban J connectivity index is 1.66. The van der Waals surface area contributed by atoms with Gasteiger partial charge in [-0.2, -0.15) is 5.10 Å². The van der Waals surface area contributed by atoms with Gasteiger partial charge >= 0.3 is 0 Å². The Bertz CT molecular complexity index is 874. The van der Waals surface area contributed by atoms with E-state index in [2.05, 4.69) is 10.4 Å². The quantitative estimate of drug-likeness (QED) is 0.805. The summed E-state index contributed by atoms with van der Waals surface area (Å²) < 4.78 is 7.51. The van der Waals surface area contributed by atoms with Crippen LogP contribution in [-0.4, -0.2) is 22.2 Å². The Morgan fingerprint density at radius 3 is 2.74 bits per heavy atom. The van der Waals surface area contributed by atoms with E-state index in [-0.39, 0.29) is 5.91 Å². The summed E-state index contributed by atoms with van der Waals surface area (Å²) in [6, 6.07) is 7.69. The fourth-order valence-electron chi connectivity index (χ4n) is 2.82. The lowest BCUT2D eigenvalue weighted by atomic mass is 10.1. The van der Waals surface area contributed by atoms with Gasteiger partial charge in [0.1, 0.15) is 5.58 Å². The van der Waals surface area contributed by atoms with Gasteiger partial charge in [0.05, 0.1) is 5.69 Å². The molecular weight excluding hydrogens is 290 g/mol. The van der Waals surface area contributed by atoms with Crippen LogP contribution in [-0.2, 0) is 13.5 Å². The third-order valence-electron chi connectivity index (χ3n) is 4.22. The van der Waals surface area contributed by atoms with Crippen molar-refractivity contribution in [3.63, 3.8) is 0 Å². The molecule has 1 amide bonds. The van der Waals surface area contributed by atoms with Crippen LogP contribution in [0.15, 0.2) is 28.7 Å². The Hall–Kier alpha value is -2.56. The smallest absolute Gasteiger partial charge is 0.287 e. The minimum atomic E-state index is -0.182. The molecule has 0 fully saturated rings. The van der Waals surface area contributed by atoms with Crippen LogP contribution in [0.3, 0.4) is 0 Å². The molecule has 0 aliphatic heterocycles. The van der Waals surface area contributed by atoms with Gasteiger partial charge in [0.25, 0.3) is 5.91 Å². The van der Waals surface area contributed by atoms with Crippen LogP contribution in [0.25, 0.3) is 11.0 Å². The lowest BCUT2D eigenvalue weighted by molar-refractivity contribution is 0.0928. The van der Waals surface area contributed by atoms with Gasteiger partial charge in [0.2, 0.25) is 0 Å². The zero-order valence-corrected chi connectivity index (χ0v) is 13.9. The first-order valence-corrected chi connectivity index (χ1v) is 7.73. The molecule has 0 radical (unpaired) electrons. The number of carbonyl (C=O) groups is 1. The van der Waals surface area contributed by atoms with Crippen molar-refractivity contribution >= 4 is 16.9 Å². The van der Waals surface area contributed by atoms with Gasteiger partial charge in [-0.15, -0.1) is 0 Å². The van der Waals surface area contributed by atoms with Gasteiger partial charge in [0.15, 0.2) is 5.76 Å². The second-order valence-electron chi connectivity index (χ2n) is 5.93. The molecule has 0 saturated carbocycles. The predicted molar refractivity (Wildman–Crippen MR) is 89.7 cm³/mol. The zero-order chi connectivity index (χ0) is 16.6. The molecule has 5 nitrogen and oxygen atoms in total. The molecule has 1 N–H and O–H groups in total. The third kappa shape index (κ3) is 2.99. The Labute approximate surface area is 135 Å². The highest BCUT2D eigenvalue weighted by Crippen LogP contribution is 2.20. The van der Waals surface area contributed by atoms with Crippen molar-refractivity contribution in [3.8, 4) is 0 Å². The van der Waals surface area contributed by atoms with Crippen LogP contribution >= 0.6 is 0 Å². The maximum Gasteiger partial charge on any atom is 0.287 e. The second-order valence-corrected chi connectivity index (χ2v) is 5.93. The molecule has 0 spiro atoms. The number of hydrogen-bond donors (Lipinski definition) is 1. The van der Waals surface area contributed by atoms with E-state index in [0.29, 0.717) is 12.3 Å². The van der Waals surface area contributed by atoms with Gasteiger partial charge < -0.3 is 9.73 Å². The van der Waals surface area contributed by atoms with Gasteiger partial charge in [-0.1, -0.05) is 12.1 Å². The van der Waals surface area contributed by atoms with Crippen LogP contribution in [0, 0.1) is 20.8 Å². The molecule has 120 valence electrons. The molecule has 2 heterocycles. The minimum Gasteiger partial charge on any atom is -0.451 e. The molecule has 1 aromatic carbocycles. The van der Waals surface area contributed by atoms with Crippen LogP contribution < -0.4 is 5.32 Å². The van der Waals surface area contributed by atoms with E-state index < -0.39 is 0 Å². The summed E-state index contributed by atoms with van der Waals surface area (Å²) in [5.41, 5.74) is 5.19. The fourth-order valence-corrected chi connectivity index (χ4v) is 2.82. The van der Waals surface area contributed by atoms with Crippen molar-refractivity contribution in [2.24, 2.45) is 7.05 Å². The number of fused-ring (bicyclic) bond motifs is 1. The molecule has 0 unspecified atom stereocenters. The van der Waals surface area contributed by atoms with Crippen molar-refractivity contribution in [2.45, 2.75) is 27.2 Å². The highest BCUT2D eigenvalue weighted by atomic mass is 16.3. The molecule has 5 heteroatoms. The van der Waals surface area contributed by atoms with Gasteiger partial charge in [-0.3, -0.25) is 9.48 Å². The summed E-state index contributed by atoms with van der Waals surface area (Å²) in [4.78, 5) is 12.2. The second kappa shape index (κ2) is 5.91. The number of benzene rings is 1. The average molecular weight is 311 g/mol. The van der Waals surface area contributed by atoms with Gasteiger partial charge in [-0.25, -0.2) is 0 Å². The molecule has 3 aromatic rings. The number of aryl methyl sites for hydroxylation is 3. The summed E-state index contributed by atoms with van der Waals surface area (Å²) in [6.45, 7) is 6.59. The largest absolute Gasteiger partial charge is 0.451 e. The van der Waals surface area contributed by atoms with E-state index in [9.17, 15) is 4.79 Å². The molecule has 2 aromatic heterocycles. The molecule has 0 atom stereocenters. The minimum absolute atomic E-state index is 0.182. The van der Waals surface area contributed by atoms with Crippen molar-refractivity contribution in [2.75, 3.05) is 6.54 Å². The van der Waals surface area contributed by atoms with Crippen molar-refractivity contribution in [1.82, 2.24) is 15.1 Å². The standard InChI is InChI=1S/C18H21N3O2/c1-11-5-6-14-10-17(23-16(14)9-11)18(22)19-8-7-15-12(2)20-21(4)13(15)3/h5-6,9-10H,7-8H2,1-4H3,(H,19,22). The number of furan rings is 1. The Morgan fingerprint density at radius 1 is 1.26 bits per heavy atom. The summed E-state index contributed by atoms with van der Waals surface area (Å²) >= 11 is 0. The molecule has 0 aliphatic carbocycles. The van der Waals surface area contributed by atoms with Gasteiger partial charge in [-0.05, 0) is 50.5 Å². The number of hydrogen-bond acceptors (Lipinski definition) is 3. The van der Waals surface area contributed by atoms with E-state index in [0.717, 1.165) is 34.3 Å². The summed E-state index contributed by atoms with van der Waals surface area (Å²) in [7, 11) is 1.93. The molecule has 0 aliphatic rings. The summed E-state index contributed by atoms with van der Waals surface area (Å²) in [5.74, 6) is 0.170. The van der Waals surface area contributed by atoms with Crippen LogP contribution in [0.5, 0.6) is 0 Å². The number of nitrogens with one attached hydrogen (secondary N) is 1. The van der Waals surface area contributed by atoms with E-state index in [1.165, 1.54) is 5.56 Å². The Kier molecular flexibility index (Phi) is 3.94. The fraction of sp³-hybridized carbons (Fsp3) is 0.333. The average Bonchev–Trinajstić information content (AvgIpc) is 3.02. The molecular formula is C18H21N3O2. The topological polar surface area (TPSA) is 60.1 Å². The molecule has 0 bridgehead atoms. The SMILES string of the molecule is Cc1ccc2cc(C(=O)NCCc3c(C)nn(C)c3C)oc2c1. The summed E-state index contributed by atoms with van der Waals surface area (Å²) in [5, 5.41) is 8.25. The number of aromatic nitrogens is 2. The molecule has 23 heavy (non-hydrogen) atoms. The molecule has 3 rings (SSSR count). The predicted octanol–water partition coefficient (Wildman–Crippen LogP) is 3.06. The number of amides is 1. The molecule has 0 saturated heterocycles. The van der Waals surface area contributed by atoms with E-state index in [1.54, 1.807) is 6.07 Å². The number of nitrogens with zero attached hydrogens (tertiary/aromatic N) is 2. The maximum absolute atomic E-state index is 12.2. The summed E-state index contributed by atoms with van der Waals surface area (Å²) in [6.07, 6.45) is 0.760. The normalized spacial score (nSPS) is 11.1. The highest BCUT2D eigenvalue weighted by Gasteiger charge is 2.13. The van der Waals surface area contributed by atoms with Crippen molar-refractivity contribution in [1.29, 1.82) is 0 Å². The lowest BCUT2D eigenvalue weighted by Crippen LogP contribution is -2.25. The lowest BCUT2D eigenvalue weighted by Gasteiger charge is -2.04. The van der Waals surface area contributed by atoms with E-state index in [4.69, 9.17) is 4.42 Å². The Morgan fingerprint density at radius 2 is 2.04 bits per heavy atom.